The molecule has 0 aromatic heterocycles. The lowest BCUT2D eigenvalue weighted by Gasteiger charge is -2.22. The maximum atomic E-state index is 12.4. The molecule has 1 aliphatic heterocycles. The number of hydrogen-bond acceptors (Lipinski definition) is 3. The van der Waals surface area contributed by atoms with E-state index in [1.54, 1.807) is 17.0 Å². The molecule has 1 aromatic rings. The molecule has 0 aliphatic carbocycles. The van der Waals surface area contributed by atoms with Crippen LogP contribution >= 0.6 is 15.9 Å². The Labute approximate surface area is 122 Å². The fraction of sp³-hybridized carbons (Fsp3) is 0.500. The zero-order valence-corrected chi connectivity index (χ0v) is 13.0. The lowest BCUT2D eigenvalue weighted by Crippen LogP contribution is -2.33. The second-order valence-corrected chi connectivity index (χ2v) is 6.10. The average molecular weight is 326 g/mol. The van der Waals surface area contributed by atoms with Gasteiger partial charge in [-0.3, -0.25) is 4.79 Å². The Morgan fingerprint density at radius 1 is 1.58 bits per heavy atom. The Hall–Kier alpha value is -1.07. The van der Waals surface area contributed by atoms with Crippen LogP contribution in [0.5, 0.6) is 0 Å². The highest BCUT2D eigenvalue weighted by atomic mass is 79.9. The van der Waals surface area contributed by atoms with Gasteiger partial charge in [-0.2, -0.15) is 0 Å². The summed E-state index contributed by atoms with van der Waals surface area (Å²) in [6.07, 6.45) is 1.16. The second kappa shape index (κ2) is 5.92. The fourth-order valence-corrected chi connectivity index (χ4v) is 3.00. The van der Waals surface area contributed by atoms with Crippen LogP contribution < -0.4 is 5.73 Å². The molecule has 0 bridgehead atoms. The number of likely N-dealkylation sites (tertiary alicyclic amines) is 1. The predicted molar refractivity (Wildman–Crippen MR) is 81.1 cm³/mol. The van der Waals surface area contributed by atoms with Crippen molar-refractivity contribution in [3.63, 3.8) is 0 Å². The van der Waals surface area contributed by atoms with E-state index >= 15 is 0 Å². The summed E-state index contributed by atoms with van der Waals surface area (Å²) in [6, 6.07) is 5.40. The number of nitrogens with zero attached hydrogens (tertiary/aromatic N) is 2. The smallest absolute Gasteiger partial charge is 0.254 e. The van der Waals surface area contributed by atoms with Crippen molar-refractivity contribution in [3.05, 3.63) is 28.2 Å². The minimum absolute atomic E-state index is 0.0220. The van der Waals surface area contributed by atoms with Crippen LogP contribution in [0.4, 0.5) is 5.69 Å². The first kappa shape index (κ1) is 14.3. The molecule has 2 rings (SSSR count). The first-order valence-corrected chi connectivity index (χ1v) is 7.26. The van der Waals surface area contributed by atoms with Gasteiger partial charge in [-0.15, -0.1) is 0 Å². The molecule has 1 saturated heterocycles. The number of anilines is 1. The first-order chi connectivity index (χ1) is 8.99. The standard InChI is InChI=1S/C14H20BrN3O/c1-17-7-6-10(8-17)9-18(2)14(19)11-4-3-5-12(16)13(11)15/h3-5,10H,6-9,16H2,1-2H3. The quantitative estimate of drug-likeness (QED) is 0.865. The molecule has 19 heavy (non-hydrogen) atoms. The number of rotatable bonds is 3. The van der Waals surface area contributed by atoms with Crippen molar-refractivity contribution in [3.8, 4) is 0 Å². The Bertz CT molecular complexity index is 478. The maximum absolute atomic E-state index is 12.4. The zero-order chi connectivity index (χ0) is 14.0. The number of benzene rings is 1. The summed E-state index contributed by atoms with van der Waals surface area (Å²) in [6.45, 7) is 2.98. The summed E-state index contributed by atoms with van der Waals surface area (Å²) < 4.78 is 0.690. The number of nitrogen functional groups attached to an aromatic ring is 1. The van der Waals surface area contributed by atoms with Crippen LogP contribution in [0.3, 0.4) is 0 Å². The topological polar surface area (TPSA) is 49.6 Å². The van der Waals surface area contributed by atoms with Gasteiger partial charge < -0.3 is 15.5 Å². The summed E-state index contributed by atoms with van der Waals surface area (Å²) in [7, 11) is 3.98. The van der Waals surface area contributed by atoms with E-state index in [0.717, 1.165) is 26.1 Å². The zero-order valence-electron chi connectivity index (χ0n) is 11.4. The average Bonchev–Trinajstić information content (AvgIpc) is 2.77. The molecular weight excluding hydrogens is 306 g/mol. The van der Waals surface area contributed by atoms with Crippen LogP contribution in [0.1, 0.15) is 16.8 Å². The largest absolute Gasteiger partial charge is 0.398 e. The molecule has 1 unspecified atom stereocenters. The number of hydrogen-bond donors (Lipinski definition) is 1. The highest BCUT2D eigenvalue weighted by Gasteiger charge is 2.24. The van der Waals surface area contributed by atoms with E-state index < -0.39 is 0 Å². The van der Waals surface area contributed by atoms with Gasteiger partial charge in [0.2, 0.25) is 0 Å². The number of amides is 1. The van der Waals surface area contributed by atoms with Crippen molar-refractivity contribution in [2.45, 2.75) is 6.42 Å². The van der Waals surface area contributed by atoms with Crippen molar-refractivity contribution in [2.75, 3.05) is 39.5 Å². The Morgan fingerprint density at radius 2 is 2.32 bits per heavy atom. The number of carbonyl (C=O) groups is 1. The van der Waals surface area contributed by atoms with Crippen molar-refractivity contribution in [1.29, 1.82) is 0 Å². The fourth-order valence-electron chi connectivity index (χ4n) is 2.57. The number of halogens is 1. The Balaban J connectivity index is 2.04. The van der Waals surface area contributed by atoms with Crippen molar-refractivity contribution < 1.29 is 4.79 Å². The van der Waals surface area contributed by atoms with Gasteiger partial charge in [0.1, 0.15) is 0 Å². The van der Waals surface area contributed by atoms with Gasteiger partial charge in [0, 0.05) is 25.8 Å². The van der Waals surface area contributed by atoms with E-state index in [1.807, 2.05) is 13.1 Å². The van der Waals surface area contributed by atoms with Crippen LogP contribution in [-0.4, -0.2) is 49.4 Å². The van der Waals surface area contributed by atoms with Crippen LogP contribution in [0.25, 0.3) is 0 Å². The van der Waals surface area contributed by atoms with E-state index in [-0.39, 0.29) is 5.91 Å². The van der Waals surface area contributed by atoms with E-state index in [1.165, 1.54) is 0 Å². The molecule has 2 N–H and O–H groups in total. The molecule has 0 spiro atoms. The van der Waals surface area contributed by atoms with E-state index in [0.29, 0.717) is 21.6 Å². The lowest BCUT2D eigenvalue weighted by atomic mass is 10.1. The first-order valence-electron chi connectivity index (χ1n) is 6.47. The molecular formula is C14H20BrN3O. The molecule has 1 fully saturated rings. The highest BCUT2D eigenvalue weighted by Crippen LogP contribution is 2.25. The van der Waals surface area contributed by atoms with Gasteiger partial charge in [0.25, 0.3) is 5.91 Å². The van der Waals surface area contributed by atoms with Crippen LogP contribution in [-0.2, 0) is 0 Å². The third kappa shape index (κ3) is 3.28. The molecule has 1 aliphatic rings. The molecule has 0 saturated carbocycles. The highest BCUT2D eigenvalue weighted by molar-refractivity contribution is 9.10. The lowest BCUT2D eigenvalue weighted by molar-refractivity contribution is 0.0773. The predicted octanol–water partition coefficient (Wildman–Crippen LogP) is 2.05. The molecule has 0 radical (unpaired) electrons. The number of nitrogens with two attached hydrogens (primary N) is 1. The minimum atomic E-state index is 0.0220. The van der Waals surface area contributed by atoms with Gasteiger partial charge in [-0.05, 0) is 54.0 Å². The molecule has 1 heterocycles. The second-order valence-electron chi connectivity index (χ2n) is 5.31. The monoisotopic (exact) mass is 325 g/mol. The minimum Gasteiger partial charge on any atom is -0.398 e. The van der Waals surface area contributed by atoms with Crippen molar-refractivity contribution in [2.24, 2.45) is 5.92 Å². The van der Waals surface area contributed by atoms with Crippen LogP contribution in [0.15, 0.2) is 22.7 Å². The summed E-state index contributed by atoms with van der Waals surface area (Å²) in [4.78, 5) is 16.5. The van der Waals surface area contributed by atoms with Crippen LogP contribution in [0, 0.1) is 5.92 Å². The van der Waals surface area contributed by atoms with Gasteiger partial charge in [0.05, 0.1) is 10.0 Å². The normalized spacial score (nSPS) is 19.6. The van der Waals surface area contributed by atoms with Gasteiger partial charge >= 0.3 is 0 Å². The summed E-state index contributed by atoms with van der Waals surface area (Å²) in [5, 5.41) is 0. The molecule has 1 atom stereocenters. The summed E-state index contributed by atoms with van der Waals surface area (Å²) in [5.74, 6) is 0.590. The van der Waals surface area contributed by atoms with Crippen molar-refractivity contribution in [1.82, 2.24) is 9.80 Å². The van der Waals surface area contributed by atoms with Crippen molar-refractivity contribution >= 4 is 27.5 Å². The molecule has 1 aromatic carbocycles. The number of carbonyl (C=O) groups excluding carboxylic acids is 1. The Kier molecular flexibility index (Phi) is 4.47. The molecule has 104 valence electrons. The van der Waals surface area contributed by atoms with E-state index in [4.69, 9.17) is 5.73 Å². The van der Waals surface area contributed by atoms with Gasteiger partial charge in [0.15, 0.2) is 0 Å². The van der Waals surface area contributed by atoms with Gasteiger partial charge in [-0.1, -0.05) is 6.07 Å². The van der Waals surface area contributed by atoms with Crippen LogP contribution in [0.2, 0.25) is 0 Å². The Morgan fingerprint density at radius 3 is 2.95 bits per heavy atom. The van der Waals surface area contributed by atoms with E-state index in [2.05, 4.69) is 27.9 Å². The SMILES string of the molecule is CN1CCC(CN(C)C(=O)c2cccc(N)c2Br)C1. The molecule has 4 nitrogen and oxygen atoms in total. The summed E-state index contributed by atoms with van der Waals surface area (Å²) in [5.41, 5.74) is 7.05. The summed E-state index contributed by atoms with van der Waals surface area (Å²) >= 11 is 3.39. The van der Waals surface area contributed by atoms with E-state index in [9.17, 15) is 4.79 Å². The molecule has 5 heteroatoms. The molecule has 1 amide bonds. The third-order valence-electron chi connectivity index (χ3n) is 3.63. The maximum Gasteiger partial charge on any atom is 0.254 e. The third-order valence-corrected chi connectivity index (χ3v) is 4.51. The van der Waals surface area contributed by atoms with Gasteiger partial charge in [-0.25, -0.2) is 0 Å².